The maximum Gasteiger partial charge on any atom is 0.163 e. The minimum absolute atomic E-state index is 0.272. The Balaban J connectivity index is 1.74. The fraction of sp³-hybridized carbons (Fsp3) is 0.278. The summed E-state index contributed by atoms with van der Waals surface area (Å²) in [6.07, 6.45) is 4.05. The molecule has 4 rings (SSSR count). The lowest BCUT2D eigenvalue weighted by Gasteiger charge is -2.08. The molecular formula is C18H15ClO. The zero-order chi connectivity index (χ0) is 13.7. The van der Waals surface area contributed by atoms with Gasteiger partial charge < -0.3 is 0 Å². The Labute approximate surface area is 123 Å². The second kappa shape index (κ2) is 4.46. The van der Waals surface area contributed by atoms with E-state index < -0.39 is 0 Å². The molecule has 0 aliphatic heterocycles. The summed E-state index contributed by atoms with van der Waals surface area (Å²) in [6, 6.07) is 12.5. The highest BCUT2D eigenvalue weighted by Crippen LogP contribution is 2.44. The molecule has 2 aromatic rings. The van der Waals surface area contributed by atoms with Crippen LogP contribution in [0.2, 0.25) is 5.02 Å². The Morgan fingerprint density at radius 3 is 2.45 bits per heavy atom. The summed E-state index contributed by atoms with van der Waals surface area (Å²) in [6.45, 7) is 0. The molecule has 0 amide bonds. The number of carbonyl (C=O) groups is 1. The van der Waals surface area contributed by atoms with Crippen LogP contribution in [0.4, 0.5) is 0 Å². The highest BCUT2D eigenvalue weighted by molar-refractivity contribution is 6.31. The lowest BCUT2D eigenvalue weighted by molar-refractivity contribution is 0.0994. The number of hydrogen-bond donors (Lipinski definition) is 0. The minimum atomic E-state index is 0.272. The van der Waals surface area contributed by atoms with Gasteiger partial charge in [0.15, 0.2) is 5.78 Å². The van der Waals surface area contributed by atoms with E-state index in [0.717, 1.165) is 28.1 Å². The Hall–Kier alpha value is -1.60. The van der Waals surface area contributed by atoms with Crippen LogP contribution in [0, 0.1) is 0 Å². The molecule has 0 atom stereocenters. The molecule has 0 bridgehead atoms. The monoisotopic (exact) mass is 282 g/mol. The molecular weight excluding hydrogens is 268 g/mol. The summed E-state index contributed by atoms with van der Waals surface area (Å²) in [5.41, 5.74) is 5.65. The number of halogens is 1. The Morgan fingerprint density at radius 2 is 1.70 bits per heavy atom. The Kier molecular flexibility index (Phi) is 2.71. The van der Waals surface area contributed by atoms with E-state index >= 15 is 0 Å². The molecule has 1 saturated carbocycles. The first-order valence-electron chi connectivity index (χ1n) is 7.18. The first-order valence-corrected chi connectivity index (χ1v) is 7.56. The molecule has 0 radical (unpaired) electrons. The van der Waals surface area contributed by atoms with E-state index in [1.54, 1.807) is 0 Å². The Morgan fingerprint density at radius 1 is 0.950 bits per heavy atom. The van der Waals surface area contributed by atoms with E-state index in [1.807, 2.05) is 12.1 Å². The van der Waals surface area contributed by atoms with Gasteiger partial charge in [-0.1, -0.05) is 41.9 Å². The lowest BCUT2D eigenvalue weighted by atomic mass is 9.98. The normalized spacial score (nSPS) is 17.4. The Bertz CT molecular complexity index is 713. The second-order valence-corrected chi connectivity index (χ2v) is 6.21. The fourth-order valence-corrected chi connectivity index (χ4v) is 3.40. The van der Waals surface area contributed by atoms with Crippen LogP contribution in [-0.4, -0.2) is 5.78 Å². The molecule has 0 saturated heterocycles. The van der Waals surface area contributed by atoms with Crippen molar-refractivity contribution >= 4 is 17.4 Å². The summed E-state index contributed by atoms with van der Waals surface area (Å²) >= 11 is 6.40. The molecule has 2 aliphatic carbocycles. The van der Waals surface area contributed by atoms with Gasteiger partial charge in [-0.15, -0.1) is 0 Å². The number of Topliss-reactive ketones (excluding diaryl/α,β-unsaturated/α-hetero) is 1. The summed E-state index contributed by atoms with van der Waals surface area (Å²) in [4.78, 5) is 11.7. The maximum absolute atomic E-state index is 11.7. The van der Waals surface area contributed by atoms with Crippen molar-refractivity contribution in [2.45, 2.75) is 31.6 Å². The van der Waals surface area contributed by atoms with E-state index in [1.165, 1.54) is 24.0 Å². The van der Waals surface area contributed by atoms with Gasteiger partial charge in [-0.25, -0.2) is 0 Å². The molecule has 0 unspecified atom stereocenters. The molecule has 1 fully saturated rings. The number of aryl methyl sites for hydroxylation is 1. The van der Waals surface area contributed by atoms with Gasteiger partial charge >= 0.3 is 0 Å². The van der Waals surface area contributed by atoms with Crippen LogP contribution in [0.25, 0.3) is 11.1 Å². The van der Waals surface area contributed by atoms with Gasteiger partial charge in [0.2, 0.25) is 0 Å². The van der Waals surface area contributed by atoms with E-state index in [9.17, 15) is 4.79 Å². The van der Waals surface area contributed by atoms with Crippen LogP contribution >= 0.6 is 11.6 Å². The van der Waals surface area contributed by atoms with Crippen LogP contribution < -0.4 is 0 Å². The zero-order valence-electron chi connectivity index (χ0n) is 11.2. The first kappa shape index (κ1) is 12.2. The fourth-order valence-electron chi connectivity index (χ4n) is 3.07. The third-order valence-electron chi connectivity index (χ3n) is 4.38. The van der Waals surface area contributed by atoms with E-state index in [0.29, 0.717) is 12.3 Å². The van der Waals surface area contributed by atoms with Crippen molar-refractivity contribution in [2.75, 3.05) is 0 Å². The van der Waals surface area contributed by atoms with Crippen LogP contribution in [0.1, 0.15) is 46.7 Å². The van der Waals surface area contributed by atoms with Crippen molar-refractivity contribution in [3.63, 3.8) is 0 Å². The van der Waals surface area contributed by atoms with Gasteiger partial charge in [-0.3, -0.25) is 4.79 Å². The third-order valence-corrected chi connectivity index (χ3v) is 4.71. The topological polar surface area (TPSA) is 17.1 Å². The summed E-state index contributed by atoms with van der Waals surface area (Å²) < 4.78 is 0. The molecule has 0 N–H and O–H groups in total. The number of benzene rings is 2. The molecule has 20 heavy (non-hydrogen) atoms. The van der Waals surface area contributed by atoms with Gasteiger partial charge in [0.25, 0.3) is 0 Å². The molecule has 0 aromatic heterocycles. The standard InChI is InChI=1S/C18H15ClO/c19-17-10-13(3-6-15(17)11-1-2-11)12-4-7-16-14(9-12)5-8-18(16)20/h3-4,6-7,9-11H,1-2,5,8H2. The van der Waals surface area contributed by atoms with Crippen molar-refractivity contribution in [1.29, 1.82) is 0 Å². The minimum Gasteiger partial charge on any atom is -0.294 e. The van der Waals surface area contributed by atoms with Crippen molar-refractivity contribution in [2.24, 2.45) is 0 Å². The van der Waals surface area contributed by atoms with Crippen LogP contribution in [0.5, 0.6) is 0 Å². The number of ketones is 1. The van der Waals surface area contributed by atoms with Crippen molar-refractivity contribution in [3.05, 3.63) is 58.1 Å². The van der Waals surface area contributed by atoms with Gasteiger partial charge in [0.1, 0.15) is 0 Å². The largest absolute Gasteiger partial charge is 0.294 e. The molecule has 2 heteroatoms. The smallest absolute Gasteiger partial charge is 0.163 e. The number of hydrogen-bond acceptors (Lipinski definition) is 1. The number of rotatable bonds is 2. The predicted octanol–water partition coefficient (Wildman–Crippen LogP) is 5.01. The molecule has 2 aliphatic rings. The summed E-state index contributed by atoms with van der Waals surface area (Å²) in [5.74, 6) is 0.947. The highest BCUT2D eigenvalue weighted by Gasteiger charge is 2.26. The second-order valence-electron chi connectivity index (χ2n) is 5.81. The SMILES string of the molecule is O=C1CCc2cc(-c3ccc(C4CC4)c(Cl)c3)ccc21. The zero-order valence-corrected chi connectivity index (χ0v) is 11.9. The lowest BCUT2D eigenvalue weighted by Crippen LogP contribution is -1.91. The first-order chi connectivity index (χ1) is 9.72. The molecule has 100 valence electrons. The summed E-state index contributed by atoms with van der Waals surface area (Å²) in [7, 11) is 0. The van der Waals surface area contributed by atoms with Gasteiger partial charge in [-0.05, 0) is 53.5 Å². The molecule has 1 nitrogen and oxygen atoms in total. The average Bonchev–Trinajstić information content (AvgIpc) is 3.23. The van der Waals surface area contributed by atoms with Crippen molar-refractivity contribution in [3.8, 4) is 11.1 Å². The quantitative estimate of drug-likeness (QED) is 0.756. The molecule has 2 aromatic carbocycles. The third kappa shape index (κ3) is 1.97. The van der Waals surface area contributed by atoms with Gasteiger partial charge in [0, 0.05) is 17.0 Å². The van der Waals surface area contributed by atoms with E-state index in [-0.39, 0.29) is 5.78 Å². The van der Waals surface area contributed by atoms with Gasteiger partial charge in [0.05, 0.1) is 0 Å². The van der Waals surface area contributed by atoms with E-state index in [2.05, 4.69) is 24.3 Å². The number of carbonyl (C=O) groups excluding carboxylic acids is 1. The van der Waals surface area contributed by atoms with Crippen LogP contribution in [0.15, 0.2) is 36.4 Å². The van der Waals surface area contributed by atoms with Crippen molar-refractivity contribution in [1.82, 2.24) is 0 Å². The van der Waals surface area contributed by atoms with Crippen LogP contribution in [-0.2, 0) is 6.42 Å². The van der Waals surface area contributed by atoms with Crippen molar-refractivity contribution < 1.29 is 4.79 Å². The summed E-state index contributed by atoms with van der Waals surface area (Å²) in [5, 5.41) is 0.876. The number of fused-ring (bicyclic) bond motifs is 1. The molecule has 0 heterocycles. The predicted molar refractivity (Wildman–Crippen MR) is 81.5 cm³/mol. The van der Waals surface area contributed by atoms with E-state index in [4.69, 9.17) is 11.6 Å². The maximum atomic E-state index is 11.7. The average molecular weight is 283 g/mol. The molecule has 0 spiro atoms. The van der Waals surface area contributed by atoms with Gasteiger partial charge in [-0.2, -0.15) is 0 Å². The van der Waals surface area contributed by atoms with Crippen LogP contribution in [0.3, 0.4) is 0 Å². The highest BCUT2D eigenvalue weighted by atomic mass is 35.5.